The van der Waals surface area contributed by atoms with E-state index in [2.05, 4.69) is 15.4 Å². The molecule has 2 rings (SSSR count). The van der Waals surface area contributed by atoms with Gasteiger partial charge in [0.2, 0.25) is 5.95 Å². The standard InChI is InChI=1S/C9H17N5/c1-14-8(12-9(10)13-14)6-7-2-4-11-5-3-7/h7,11H,2-6H2,1H3,(H2,10,13). The zero-order valence-electron chi connectivity index (χ0n) is 8.53. The van der Waals surface area contributed by atoms with Crippen LogP contribution in [0.2, 0.25) is 0 Å². The summed E-state index contributed by atoms with van der Waals surface area (Å²) >= 11 is 0. The van der Waals surface area contributed by atoms with Crippen molar-refractivity contribution in [3.8, 4) is 0 Å². The van der Waals surface area contributed by atoms with Gasteiger partial charge in [-0.15, -0.1) is 5.10 Å². The molecular weight excluding hydrogens is 178 g/mol. The third kappa shape index (κ3) is 2.04. The predicted molar refractivity (Wildman–Crippen MR) is 54.7 cm³/mol. The molecule has 2 heterocycles. The molecule has 1 aromatic rings. The van der Waals surface area contributed by atoms with Crippen molar-refractivity contribution < 1.29 is 0 Å². The molecule has 1 aliphatic rings. The highest BCUT2D eigenvalue weighted by Crippen LogP contribution is 2.16. The average Bonchev–Trinajstić information content (AvgIpc) is 2.47. The van der Waals surface area contributed by atoms with Gasteiger partial charge in [0.15, 0.2) is 0 Å². The van der Waals surface area contributed by atoms with Gasteiger partial charge in [0.1, 0.15) is 5.82 Å². The summed E-state index contributed by atoms with van der Waals surface area (Å²) in [4.78, 5) is 4.21. The highest BCUT2D eigenvalue weighted by Gasteiger charge is 2.16. The van der Waals surface area contributed by atoms with Gasteiger partial charge in [-0.25, -0.2) is 0 Å². The maximum atomic E-state index is 5.53. The Morgan fingerprint density at radius 2 is 2.21 bits per heavy atom. The molecule has 1 aromatic heterocycles. The molecule has 1 aliphatic heterocycles. The molecule has 5 heteroatoms. The van der Waals surface area contributed by atoms with Crippen molar-refractivity contribution in [2.24, 2.45) is 13.0 Å². The van der Waals surface area contributed by atoms with Crippen LogP contribution in [0.5, 0.6) is 0 Å². The number of hydrogen-bond acceptors (Lipinski definition) is 4. The van der Waals surface area contributed by atoms with Crippen LogP contribution in [0.25, 0.3) is 0 Å². The van der Waals surface area contributed by atoms with E-state index in [0.717, 1.165) is 31.3 Å². The summed E-state index contributed by atoms with van der Waals surface area (Å²) in [5.41, 5.74) is 5.53. The molecule has 0 amide bonds. The molecule has 0 aliphatic carbocycles. The van der Waals surface area contributed by atoms with Gasteiger partial charge in [-0.05, 0) is 31.8 Å². The number of anilines is 1. The van der Waals surface area contributed by atoms with Crippen LogP contribution in [-0.4, -0.2) is 27.9 Å². The summed E-state index contributed by atoms with van der Waals surface area (Å²) in [5.74, 6) is 2.13. The minimum Gasteiger partial charge on any atom is -0.366 e. The van der Waals surface area contributed by atoms with E-state index in [4.69, 9.17) is 5.73 Å². The Kier molecular flexibility index (Phi) is 2.67. The van der Waals surface area contributed by atoms with Gasteiger partial charge in [0.25, 0.3) is 0 Å². The van der Waals surface area contributed by atoms with E-state index >= 15 is 0 Å². The third-order valence-electron chi connectivity index (χ3n) is 2.80. The fourth-order valence-corrected chi connectivity index (χ4v) is 1.96. The molecule has 1 fully saturated rings. The predicted octanol–water partition coefficient (Wildman–Crippen LogP) is -0.0606. The van der Waals surface area contributed by atoms with Crippen molar-refractivity contribution in [2.75, 3.05) is 18.8 Å². The van der Waals surface area contributed by atoms with Crippen LogP contribution in [-0.2, 0) is 13.5 Å². The van der Waals surface area contributed by atoms with Crippen molar-refractivity contribution in [3.63, 3.8) is 0 Å². The number of nitrogen functional groups attached to an aromatic ring is 1. The van der Waals surface area contributed by atoms with Crippen LogP contribution >= 0.6 is 0 Å². The monoisotopic (exact) mass is 195 g/mol. The van der Waals surface area contributed by atoms with Gasteiger partial charge in [0, 0.05) is 13.5 Å². The lowest BCUT2D eigenvalue weighted by atomic mass is 9.94. The molecule has 0 unspecified atom stereocenters. The van der Waals surface area contributed by atoms with E-state index in [-0.39, 0.29) is 0 Å². The molecule has 0 spiro atoms. The van der Waals surface area contributed by atoms with E-state index < -0.39 is 0 Å². The molecule has 0 atom stereocenters. The van der Waals surface area contributed by atoms with Gasteiger partial charge >= 0.3 is 0 Å². The molecule has 3 N–H and O–H groups in total. The summed E-state index contributed by atoms with van der Waals surface area (Å²) in [6, 6.07) is 0. The maximum Gasteiger partial charge on any atom is 0.239 e. The Balaban J connectivity index is 1.98. The molecular formula is C9H17N5. The van der Waals surface area contributed by atoms with Crippen molar-refractivity contribution in [3.05, 3.63) is 5.82 Å². The quantitative estimate of drug-likeness (QED) is 0.693. The Bertz CT molecular complexity index is 300. The number of piperidine rings is 1. The zero-order valence-corrected chi connectivity index (χ0v) is 8.53. The highest BCUT2D eigenvalue weighted by atomic mass is 15.4. The first-order valence-corrected chi connectivity index (χ1v) is 5.12. The lowest BCUT2D eigenvalue weighted by Gasteiger charge is -2.21. The van der Waals surface area contributed by atoms with Gasteiger partial charge in [-0.2, -0.15) is 4.98 Å². The van der Waals surface area contributed by atoms with Gasteiger partial charge < -0.3 is 11.1 Å². The summed E-state index contributed by atoms with van der Waals surface area (Å²) in [6.07, 6.45) is 3.46. The van der Waals surface area contributed by atoms with E-state index in [1.165, 1.54) is 12.8 Å². The zero-order chi connectivity index (χ0) is 9.97. The summed E-state index contributed by atoms with van der Waals surface area (Å²) in [6.45, 7) is 2.25. The maximum absolute atomic E-state index is 5.53. The first kappa shape index (κ1) is 9.45. The van der Waals surface area contributed by atoms with Gasteiger partial charge in [-0.3, -0.25) is 4.68 Å². The molecule has 0 bridgehead atoms. The Hall–Kier alpha value is -1.10. The SMILES string of the molecule is Cn1nc(N)nc1CC1CCNCC1. The van der Waals surface area contributed by atoms with Gasteiger partial charge in [0.05, 0.1) is 0 Å². The minimum atomic E-state index is 0.386. The fraction of sp³-hybridized carbons (Fsp3) is 0.778. The topological polar surface area (TPSA) is 68.8 Å². The average molecular weight is 195 g/mol. The Morgan fingerprint density at radius 1 is 1.50 bits per heavy atom. The van der Waals surface area contributed by atoms with Crippen molar-refractivity contribution in [1.82, 2.24) is 20.1 Å². The van der Waals surface area contributed by atoms with Crippen molar-refractivity contribution in [2.45, 2.75) is 19.3 Å². The highest BCUT2D eigenvalue weighted by molar-refractivity contribution is 5.13. The number of hydrogen-bond donors (Lipinski definition) is 2. The third-order valence-corrected chi connectivity index (χ3v) is 2.80. The Labute approximate surface area is 83.7 Å². The summed E-state index contributed by atoms with van der Waals surface area (Å²) in [5, 5.41) is 7.40. The first-order valence-electron chi connectivity index (χ1n) is 5.12. The smallest absolute Gasteiger partial charge is 0.239 e. The number of rotatable bonds is 2. The molecule has 0 saturated carbocycles. The lowest BCUT2D eigenvalue weighted by Crippen LogP contribution is -2.29. The Morgan fingerprint density at radius 3 is 2.79 bits per heavy atom. The second-order valence-corrected chi connectivity index (χ2v) is 3.91. The number of aryl methyl sites for hydroxylation is 1. The number of nitrogens with zero attached hydrogens (tertiary/aromatic N) is 3. The molecule has 0 radical (unpaired) electrons. The van der Waals surface area contributed by atoms with E-state index in [9.17, 15) is 0 Å². The molecule has 14 heavy (non-hydrogen) atoms. The number of nitrogens with two attached hydrogens (primary N) is 1. The minimum absolute atomic E-state index is 0.386. The van der Waals surface area contributed by atoms with Crippen LogP contribution in [0.4, 0.5) is 5.95 Å². The second-order valence-electron chi connectivity index (χ2n) is 3.91. The second kappa shape index (κ2) is 3.96. The number of nitrogens with one attached hydrogen (secondary N) is 1. The van der Waals surface area contributed by atoms with Crippen molar-refractivity contribution in [1.29, 1.82) is 0 Å². The molecule has 0 aromatic carbocycles. The van der Waals surface area contributed by atoms with Gasteiger partial charge in [-0.1, -0.05) is 0 Å². The summed E-state index contributed by atoms with van der Waals surface area (Å²) < 4.78 is 1.79. The molecule has 5 nitrogen and oxygen atoms in total. The van der Waals surface area contributed by atoms with E-state index in [0.29, 0.717) is 5.95 Å². The fourth-order valence-electron chi connectivity index (χ4n) is 1.96. The van der Waals surface area contributed by atoms with Crippen LogP contribution < -0.4 is 11.1 Å². The van der Waals surface area contributed by atoms with Crippen LogP contribution in [0.3, 0.4) is 0 Å². The lowest BCUT2D eigenvalue weighted by molar-refractivity contribution is 0.363. The van der Waals surface area contributed by atoms with Crippen LogP contribution in [0.15, 0.2) is 0 Å². The summed E-state index contributed by atoms with van der Waals surface area (Å²) in [7, 11) is 1.90. The van der Waals surface area contributed by atoms with Crippen LogP contribution in [0.1, 0.15) is 18.7 Å². The van der Waals surface area contributed by atoms with E-state index in [1.54, 1.807) is 4.68 Å². The number of aromatic nitrogens is 3. The van der Waals surface area contributed by atoms with E-state index in [1.807, 2.05) is 7.05 Å². The largest absolute Gasteiger partial charge is 0.366 e. The first-order chi connectivity index (χ1) is 6.75. The molecule has 1 saturated heterocycles. The molecule has 78 valence electrons. The van der Waals surface area contributed by atoms with Crippen LogP contribution in [0, 0.1) is 5.92 Å². The van der Waals surface area contributed by atoms with Crippen molar-refractivity contribution >= 4 is 5.95 Å². The normalized spacial score (nSPS) is 18.6.